The Balaban J connectivity index is 1.27. The van der Waals surface area contributed by atoms with Gasteiger partial charge in [0.1, 0.15) is 6.10 Å². The number of nitrogens with one attached hydrogen (secondary N) is 2. The highest BCUT2D eigenvalue weighted by molar-refractivity contribution is 5.99. The van der Waals surface area contributed by atoms with Gasteiger partial charge in [-0.25, -0.2) is 9.59 Å². The summed E-state index contributed by atoms with van der Waals surface area (Å²) in [6.45, 7) is 5.06. The van der Waals surface area contributed by atoms with E-state index in [9.17, 15) is 14.4 Å². The van der Waals surface area contributed by atoms with Crippen LogP contribution in [0.3, 0.4) is 0 Å². The first-order valence-corrected chi connectivity index (χ1v) is 12.2. The number of hydrogen-bond donors (Lipinski definition) is 3. The van der Waals surface area contributed by atoms with Crippen LogP contribution in [0.1, 0.15) is 54.4 Å². The topological polar surface area (TPSA) is 108 Å². The van der Waals surface area contributed by atoms with Gasteiger partial charge in [-0.15, -0.1) is 0 Å². The number of nitrogens with zero attached hydrogens (tertiary/aromatic N) is 1. The van der Waals surface area contributed by atoms with E-state index in [4.69, 9.17) is 9.84 Å². The lowest BCUT2D eigenvalue weighted by molar-refractivity contribution is -0.138. The molecule has 4 rings (SSSR count). The van der Waals surface area contributed by atoms with Crippen molar-refractivity contribution in [2.45, 2.75) is 65.0 Å². The molecule has 1 aliphatic heterocycles. The van der Waals surface area contributed by atoms with Crippen LogP contribution >= 0.6 is 0 Å². The molecule has 0 radical (unpaired) electrons. The second-order valence-electron chi connectivity index (χ2n) is 9.66. The Hall–Kier alpha value is -3.55. The molecule has 8 heteroatoms. The summed E-state index contributed by atoms with van der Waals surface area (Å²) in [4.78, 5) is 37.7. The molecule has 0 saturated heterocycles. The summed E-state index contributed by atoms with van der Waals surface area (Å²) in [5.41, 5.74) is 5.88. The number of carbonyl (C=O) groups excluding carboxylic acids is 2. The Morgan fingerprint density at radius 3 is 2.31 bits per heavy atom. The Morgan fingerprint density at radius 1 is 0.943 bits per heavy atom. The van der Waals surface area contributed by atoms with Gasteiger partial charge in [-0.2, -0.15) is 0 Å². The summed E-state index contributed by atoms with van der Waals surface area (Å²) in [6, 6.07) is 11.2. The highest BCUT2D eigenvalue weighted by Crippen LogP contribution is 2.30. The van der Waals surface area contributed by atoms with Gasteiger partial charge in [-0.3, -0.25) is 4.79 Å². The van der Waals surface area contributed by atoms with E-state index in [-0.39, 0.29) is 30.6 Å². The van der Waals surface area contributed by atoms with Gasteiger partial charge in [0.25, 0.3) is 0 Å². The molecule has 0 bridgehead atoms. The Bertz CT molecular complexity index is 1110. The Labute approximate surface area is 205 Å². The number of carbonyl (C=O) groups is 3. The predicted octanol–water partition coefficient (Wildman–Crippen LogP) is 5.48. The SMILES string of the molecule is Cc1ccc(NC(=O)Nc2ccc3c(c2)CCN(C(=O)OC2CCC(CC(=O)O)CC2)C3)cc1C. The molecule has 2 aromatic carbocycles. The third-order valence-corrected chi connectivity index (χ3v) is 7.02. The molecular weight excluding hydrogens is 446 g/mol. The lowest BCUT2D eigenvalue weighted by atomic mass is 9.85. The van der Waals surface area contributed by atoms with Crippen molar-refractivity contribution in [1.29, 1.82) is 0 Å². The first-order valence-electron chi connectivity index (χ1n) is 12.2. The number of rotatable bonds is 5. The van der Waals surface area contributed by atoms with Crippen molar-refractivity contribution >= 4 is 29.5 Å². The minimum absolute atomic E-state index is 0.142. The standard InChI is InChI=1S/C27H33N3O5/c1-17-3-7-22(13-18(17)2)28-26(33)29-23-8-6-21-16-30(12-11-20(21)15-23)27(34)35-24-9-4-19(5-10-24)14-25(31)32/h3,6-8,13,15,19,24H,4-5,9-12,14,16H2,1-2H3,(H,31,32)(H2,28,29,33). The summed E-state index contributed by atoms with van der Waals surface area (Å²) >= 11 is 0. The smallest absolute Gasteiger partial charge is 0.410 e. The summed E-state index contributed by atoms with van der Waals surface area (Å²) in [5.74, 6) is -0.590. The quantitative estimate of drug-likeness (QED) is 0.527. The van der Waals surface area contributed by atoms with E-state index in [1.54, 1.807) is 4.90 Å². The van der Waals surface area contributed by atoms with Gasteiger partial charge >= 0.3 is 18.1 Å². The van der Waals surface area contributed by atoms with Crippen molar-refractivity contribution in [1.82, 2.24) is 4.90 Å². The zero-order valence-corrected chi connectivity index (χ0v) is 20.3. The average molecular weight is 480 g/mol. The van der Waals surface area contributed by atoms with Crippen LogP contribution in [0.5, 0.6) is 0 Å². The van der Waals surface area contributed by atoms with Crippen molar-refractivity contribution in [2.24, 2.45) is 5.92 Å². The van der Waals surface area contributed by atoms with Crippen molar-refractivity contribution < 1.29 is 24.2 Å². The number of benzene rings is 2. The molecule has 35 heavy (non-hydrogen) atoms. The fourth-order valence-corrected chi connectivity index (χ4v) is 4.82. The van der Waals surface area contributed by atoms with Gasteiger partial charge in [0, 0.05) is 30.9 Å². The molecule has 1 saturated carbocycles. The molecule has 186 valence electrons. The second kappa shape index (κ2) is 10.8. The number of hydrogen-bond acceptors (Lipinski definition) is 4. The molecule has 3 amide bonds. The number of amides is 3. The highest BCUT2D eigenvalue weighted by Gasteiger charge is 2.28. The van der Waals surface area contributed by atoms with E-state index in [0.717, 1.165) is 35.2 Å². The number of fused-ring (bicyclic) bond motifs is 1. The van der Waals surface area contributed by atoms with Crippen LogP contribution in [0.2, 0.25) is 0 Å². The zero-order chi connectivity index (χ0) is 24.9. The lowest BCUT2D eigenvalue weighted by Crippen LogP contribution is -2.39. The first-order chi connectivity index (χ1) is 16.8. The summed E-state index contributed by atoms with van der Waals surface area (Å²) in [6.07, 6.45) is 3.40. The number of anilines is 2. The number of aliphatic carboxylic acids is 1. The average Bonchev–Trinajstić information content (AvgIpc) is 2.82. The fourth-order valence-electron chi connectivity index (χ4n) is 4.82. The van der Waals surface area contributed by atoms with Crippen LogP contribution in [0.25, 0.3) is 0 Å². The third-order valence-electron chi connectivity index (χ3n) is 7.02. The fraction of sp³-hybridized carbons (Fsp3) is 0.444. The van der Waals surface area contributed by atoms with E-state index in [2.05, 4.69) is 10.6 Å². The van der Waals surface area contributed by atoms with Crippen LogP contribution in [-0.4, -0.2) is 40.7 Å². The van der Waals surface area contributed by atoms with Crippen LogP contribution in [0.15, 0.2) is 36.4 Å². The number of ether oxygens (including phenoxy) is 1. The predicted molar refractivity (Wildman–Crippen MR) is 134 cm³/mol. The van der Waals surface area contributed by atoms with Gasteiger partial charge in [-0.1, -0.05) is 12.1 Å². The number of urea groups is 1. The molecule has 1 aliphatic carbocycles. The van der Waals surface area contributed by atoms with Crippen LogP contribution in [0.4, 0.5) is 21.0 Å². The maximum Gasteiger partial charge on any atom is 0.410 e. The minimum Gasteiger partial charge on any atom is -0.481 e. The van der Waals surface area contributed by atoms with Gasteiger partial charge in [0.2, 0.25) is 0 Å². The van der Waals surface area contributed by atoms with E-state index < -0.39 is 5.97 Å². The molecule has 1 heterocycles. The lowest BCUT2D eigenvalue weighted by Gasteiger charge is -2.32. The van der Waals surface area contributed by atoms with Crippen LogP contribution < -0.4 is 10.6 Å². The molecule has 2 aliphatic rings. The molecule has 0 unspecified atom stereocenters. The molecule has 0 aromatic heterocycles. The second-order valence-corrected chi connectivity index (χ2v) is 9.66. The van der Waals surface area contributed by atoms with Gasteiger partial charge < -0.3 is 25.4 Å². The maximum atomic E-state index is 12.7. The molecule has 0 spiro atoms. The van der Waals surface area contributed by atoms with Crippen molar-refractivity contribution in [3.05, 3.63) is 58.7 Å². The van der Waals surface area contributed by atoms with Crippen molar-refractivity contribution in [3.8, 4) is 0 Å². The summed E-state index contributed by atoms with van der Waals surface area (Å²) < 4.78 is 5.72. The van der Waals surface area contributed by atoms with Crippen molar-refractivity contribution in [2.75, 3.05) is 17.2 Å². The number of carboxylic acids is 1. The van der Waals surface area contributed by atoms with Gasteiger partial charge in [0.05, 0.1) is 0 Å². The van der Waals surface area contributed by atoms with Gasteiger partial charge in [0.15, 0.2) is 0 Å². The minimum atomic E-state index is -0.766. The summed E-state index contributed by atoms with van der Waals surface area (Å²) in [5, 5.41) is 14.7. The molecule has 8 nitrogen and oxygen atoms in total. The van der Waals surface area contributed by atoms with Crippen LogP contribution in [0, 0.1) is 19.8 Å². The largest absolute Gasteiger partial charge is 0.481 e. The third kappa shape index (κ3) is 6.53. The molecule has 2 aromatic rings. The monoisotopic (exact) mass is 479 g/mol. The Kier molecular flexibility index (Phi) is 7.58. The van der Waals surface area contributed by atoms with E-state index in [1.807, 2.05) is 50.2 Å². The molecular formula is C27H33N3O5. The van der Waals surface area contributed by atoms with E-state index >= 15 is 0 Å². The zero-order valence-electron chi connectivity index (χ0n) is 20.3. The highest BCUT2D eigenvalue weighted by atomic mass is 16.6. The van der Waals surface area contributed by atoms with Crippen LogP contribution in [-0.2, 0) is 22.5 Å². The normalized spacial score (nSPS) is 19.4. The first kappa shape index (κ1) is 24.6. The van der Waals surface area contributed by atoms with E-state index in [1.165, 1.54) is 5.56 Å². The number of carboxylic acid groups (broad SMARTS) is 1. The molecule has 3 N–H and O–H groups in total. The number of aryl methyl sites for hydroxylation is 2. The molecule has 0 atom stereocenters. The van der Waals surface area contributed by atoms with E-state index in [0.29, 0.717) is 38.0 Å². The van der Waals surface area contributed by atoms with Crippen molar-refractivity contribution in [3.63, 3.8) is 0 Å². The Morgan fingerprint density at radius 2 is 1.63 bits per heavy atom. The maximum absolute atomic E-state index is 12.7. The summed E-state index contributed by atoms with van der Waals surface area (Å²) in [7, 11) is 0. The van der Waals surface area contributed by atoms with Gasteiger partial charge in [-0.05, 0) is 98.4 Å². The molecule has 1 fully saturated rings.